The molecule has 2 aromatic carbocycles. The number of rotatable bonds is 2. The Hall–Kier alpha value is -2.89. The van der Waals surface area contributed by atoms with Gasteiger partial charge in [0, 0.05) is 23.6 Å². The maximum atomic E-state index is 13.2. The van der Waals surface area contributed by atoms with Gasteiger partial charge in [0.25, 0.3) is 5.69 Å². The molecule has 6 nitrogen and oxygen atoms in total. The van der Waals surface area contributed by atoms with E-state index in [4.69, 9.17) is 0 Å². The van der Waals surface area contributed by atoms with Crippen LogP contribution >= 0.6 is 0 Å². The number of nitro benzene ring substituents is 1. The van der Waals surface area contributed by atoms with Crippen molar-refractivity contribution in [2.24, 2.45) is 10.2 Å². The van der Waals surface area contributed by atoms with E-state index < -0.39 is 10.5 Å². The van der Waals surface area contributed by atoms with E-state index in [1.807, 2.05) is 30.3 Å². The highest BCUT2D eigenvalue weighted by Crippen LogP contribution is 2.46. The number of carbonyl (C=O) groups excluding carboxylic acids is 1. The molecule has 1 spiro atoms. The maximum Gasteiger partial charge on any atom is 0.269 e. The lowest BCUT2D eigenvalue weighted by atomic mass is 9.68. The van der Waals surface area contributed by atoms with E-state index in [0.29, 0.717) is 18.5 Å². The first-order valence-electron chi connectivity index (χ1n) is 7.87. The van der Waals surface area contributed by atoms with Gasteiger partial charge in [0.1, 0.15) is 0 Å². The second-order valence-electron chi connectivity index (χ2n) is 6.24. The molecule has 0 fully saturated rings. The van der Waals surface area contributed by atoms with E-state index in [2.05, 4.69) is 10.2 Å². The molecular formula is C18H15N3O3. The number of Topliss-reactive ketones (excluding diaryl/α,β-unsaturated/α-hetero) is 1. The van der Waals surface area contributed by atoms with Crippen molar-refractivity contribution in [2.45, 2.75) is 24.3 Å². The van der Waals surface area contributed by atoms with Gasteiger partial charge in [0.05, 0.1) is 11.5 Å². The minimum absolute atomic E-state index is 0.0258. The minimum Gasteiger partial charge on any atom is -0.291 e. The summed E-state index contributed by atoms with van der Waals surface area (Å²) in [6, 6.07) is 14.0. The molecule has 0 aromatic heterocycles. The van der Waals surface area contributed by atoms with Crippen molar-refractivity contribution in [2.75, 3.05) is 6.54 Å². The van der Waals surface area contributed by atoms with Crippen molar-refractivity contribution >= 4 is 11.5 Å². The van der Waals surface area contributed by atoms with Crippen molar-refractivity contribution in [1.82, 2.24) is 0 Å². The molecule has 6 heteroatoms. The first-order chi connectivity index (χ1) is 11.6. The highest BCUT2D eigenvalue weighted by Gasteiger charge is 2.52. The molecule has 0 saturated carbocycles. The molecule has 4 rings (SSSR count). The smallest absolute Gasteiger partial charge is 0.269 e. The predicted octanol–water partition coefficient (Wildman–Crippen LogP) is 3.71. The molecule has 24 heavy (non-hydrogen) atoms. The topological polar surface area (TPSA) is 84.9 Å². The molecule has 2 atom stereocenters. The van der Waals surface area contributed by atoms with E-state index in [0.717, 1.165) is 17.5 Å². The largest absolute Gasteiger partial charge is 0.291 e. The SMILES string of the molecule is O=C1c2ccccc2CC[C@]12N=NC[C@H]2c1cccc([N+](=O)[O-])c1. The molecule has 0 amide bonds. The van der Waals surface area contributed by atoms with Gasteiger partial charge >= 0.3 is 0 Å². The van der Waals surface area contributed by atoms with Gasteiger partial charge in [0.2, 0.25) is 0 Å². The number of non-ortho nitro benzene ring substituents is 1. The van der Waals surface area contributed by atoms with Crippen molar-refractivity contribution in [1.29, 1.82) is 0 Å². The Bertz CT molecular complexity index is 877. The Morgan fingerprint density at radius 2 is 2.00 bits per heavy atom. The number of hydrogen-bond acceptors (Lipinski definition) is 5. The van der Waals surface area contributed by atoms with Gasteiger partial charge in [-0.25, -0.2) is 0 Å². The quantitative estimate of drug-likeness (QED) is 0.624. The van der Waals surface area contributed by atoms with E-state index >= 15 is 0 Å². The summed E-state index contributed by atoms with van der Waals surface area (Å²) in [5.74, 6) is -0.277. The molecule has 2 aliphatic rings. The Morgan fingerprint density at radius 3 is 2.83 bits per heavy atom. The van der Waals surface area contributed by atoms with Crippen LogP contribution in [0.3, 0.4) is 0 Å². The molecule has 0 radical (unpaired) electrons. The third kappa shape index (κ3) is 2.06. The van der Waals surface area contributed by atoms with Crippen LogP contribution < -0.4 is 0 Å². The van der Waals surface area contributed by atoms with Crippen LogP contribution in [-0.2, 0) is 6.42 Å². The number of nitro groups is 1. The van der Waals surface area contributed by atoms with Gasteiger partial charge in [-0.05, 0) is 24.0 Å². The third-order valence-electron chi connectivity index (χ3n) is 5.00. The maximum absolute atomic E-state index is 13.2. The second kappa shape index (κ2) is 5.33. The normalized spacial score (nSPS) is 25.0. The summed E-state index contributed by atoms with van der Waals surface area (Å²) in [6.45, 7) is 0.384. The monoisotopic (exact) mass is 321 g/mol. The average Bonchev–Trinajstić information content (AvgIpc) is 3.03. The Morgan fingerprint density at radius 1 is 1.17 bits per heavy atom. The molecule has 120 valence electrons. The zero-order valence-electron chi connectivity index (χ0n) is 12.9. The predicted molar refractivity (Wildman–Crippen MR) is 87.4 cm³/mol. The number of benzene rings is 2. The summed E-state index contributed by atoms with van der Waals surface area (Å²) in [7, 11) is 0. The molecule has 1 aliphatic heterocycles. The van der Waals surface area contributed by atoms with Crippen LogP contribution in [0.15, 0.2) is 58.8 Å². The fourth-order valence-electron chi connectivity index (χ4n) is 3.77. The summed E-state index contributed by atoms with van der Waals surface area (Å²) >= 11 is 0. The minimum atomic E-state index is -0.927. The second-order valence-corrected chi connectivity index (χ2v) is 6.24. The summed E-state index contributed by atoms with van der Waals surface area (Å²) in [6.07, 6.45) is 1.34. The van der Waals surface area contributed by atoms with E-state index in [1.165, 1.54) is 12.1 Å². The summed E-state index contributed by atoms with van der Waals surface area (Å²) in [5.41, 5.74) is 1.58. The van der Waals surface area contributed by atoms with E-state index in [9.17, 15) is 14.9 Å². The van der Waals surface area contributed by atoms with Crippen molar-refractivity contribution in [3.63, 3.8) is 0 Å². The van der Waals surface area contributed by atoms with Gasteiger partial charge in [-0.3, -0.25) is 14.9 Å². The van der Waals surface area contributed by atoms with Gasteiger partial charge in [-0.2, -0.15) is 10.2 Å². The lowest BCUT2D eigenvalue weighted by molar-refractivity contribution is -0.384. The lowest BCUT2D eigenvalue weighted by Crippen LogP contribution is -2.44. The number of carbonyl (C=O) groups is 1. The molecule has 1 aliphatic carbocycles. The van der Waals surface area contributed by atoms with Gasteiger partial charge in [0.15, 0.2) is 11.3 Å². The molecule has 0 saturated heterocycles. The fraction of sp³-hybridized carbons (Fsp3) is 0.278. The van der Waals surface area contributed by atoms with Crippen LogP contribution in [0.5, 0.6) is 0 Å². The van der Waals surface area contributed by atoms with Gasteiger partial charge in [-0.1, -0.05) is 36.4 Å². The molecule has 0 N–H and O–H groups in total. The number of hydrogen-bond donors (Lipinski definition) is 0. The Balaban J connectivity index is 1.78. The number of ketones is 1. The van der Waals surface area contributed by atoms with Crippen molar-refractivity contribution in [3.8, 4) is 0 Å². The number of fused-ring (bicyclic) bond motifs is 1. The average molecular weight is 321 g/mol. The zero-order chi connectivity index (χ0) is 16.7. The molecule has 0 unspecified atom stereocenters. The molecule has 1 heterocycles. The molecular weight excluding hydrogens is 306 g/mol. The van der Waals surface area contributed by atoms with Crippen LogP contribution in [-0.4, -0.2) is 22.8 Å². The van der Waals surface area contributed by atoms with E-state index in [-0.39, 0.29) is 17.4 Å². The van der Waals surface area contributed by atoms with Crippen LogP contribution in [0, 0.1) is 10.1 Å². The van der Waals surface area contributed by atoms with Crippen LogP contribution in [0.2, 0.25) is 0 Å². The number of aryl methyl sites for hydroxylation is 1. The lowest BCUT2D eigenvalue weighted by Gasteiger charge is -2.34. The fourth-order valence-corrected chi connectivity index (χ4v) is 3.77. The highest BCUT2D eigenvalue weighted by atomic mass is 16.6. The number of azo groups is 1. The first kappa shape index (κ1) is 14.7. The molecule has 0 bridgehead atoms. The van der Waals surface area contributed by atoms with Crippen molar-refractivity contribution in [3.05, 3.63) is 75.3 Å². The third-order valence-corrected chi connectivity index (χ3v) is 5.00. The van der Waals surface area contributed by atoms with Crippen LogP contribution in [0.1, 0.15) is 33.8 Å². The Kier molecular flexibility index (Phi) is 3.26. The first-order valence-corrected chi connectivity index (χ1v) is 7.87. The summed E-state index contributed by atoms with van der Waals surface area (Å²) < 4.78 is 0. The standard InChI is InChI=1S/C18H15N3O3/c22-17-15-7-2-1-4-12(15)8-9-18(17)16(11-19-20-18)13-5-3-6-14(10-13)21(23)24/h1-7,10,16H,8-9,11H2/t16-,18+/m0/s1. The van der Waals surface area contributed by atoms with Crippen LogP contribution in [0.4, 0.5) is 5.69 Å². The highest BCUT2D eigenvalue weighted by molar-refractivity contribution is 6.06. The number of nitrogens with zero attached hydrogens (tertiary/aromatic N) is 3. The van der Waals surface area contributed by atoms with Crippen molar-refractivity contribution < 1.29 is 9.72 Å². The Labute approximate surface area is 138 Å². The van der Waals surface area contributed by atoms with Gasteiger partial charge in [-0.15, -0.1) is 0 Å². The summed E-state index contributed by atoms with van der Waals surface area (Å²) in [5, 5.41) is 19.6. The van der Waals surface area contributed by atoms with Crippen LogP contribution in [0.25, 0.3) is 0 Å². The van der Waals surface area contributed by atoms with E-state index in [1.54, 1.807) is 6.07 Å². The summed E-state index contributed by atoms with van der Waals surface area (Å²) in [4.78, 5) is 23.8. The van der Waals surface area contributed by atoms with Gasteiger partial charge < -0.3 is 0 Å². The zero-order valence-corrected chi connectivity index (χ0v) is 12.9. The molecule has 2 aromatic rings.